The lowest BCUT2D eigenvalue weighted by molar-refractivity contribution is 0.106. The molecule has 5 nitrogen and oxygen atoms in total. The van der Waals surface area contributed by atoms with E-state index in [1.54, 1.807) is 4.90 Å². The van der Waals surface area contributed by atoms with E-state index in [1.165, 1.54) is 18.4 Å². The summed E-state index contributed by atoms with van der Waals surface area (Å²) in [5, 5.41) is 12.4. The Morgan fingerprint density at radius 2 is 1.88 bits per heavy atom. The summed E-state index contributed by atoms with van der Waals surface area (Å²) in [5.74, 6) is 0. The average molecular weight is 345 g/mol. The standard InChI is InChI=1S/C20H31N3O2/c1-2-10-22(11-12-24)20(25)21-17-13-18-8-9-19(14-17)23(18)15-16-6-4-3-5-7-16/h3-7,17-19,24H,2,8-15H2,1H3,(H,21,25). The van der Waals surface area contributed by atoms with Crippen molar-refractivity contribution in [2.75, 3.05) is 19.7 Å². The number of hydrogen-bond donors (Lipinski definition) is 2. The maximum Gasteiger partial charge on any atom is 0.317 e. The van der Waals surface area contributed by atoms with Gasteiger partial charge in [0.05, 0.1) is 6.61 Å². The topological polar surface area (TPSA) is 55.8 Å². The first-order valence-corrected chi connectivity index (χ1v) is 9.67. The first-order chi connectivity index (χ1) is 12.2. The molecule has 1 aromatic carbocycles. The summed E-state index contributed by atoms with van der Waals surface area (Å²) in [4.78, 5) is 16.9. The molecule has 0 saturated carbocycles. The van der Waals surface area contributed by atoms with Gasteiger partial charge in [0, 0.05) is 37.8 Å². The lowest BCUT2D eigenvalue weighted by atomic mass is 9.96. The van der Waals surface area contributed by atoms with Crippen molar-refractivity contribution in [3.05, 3.63) is 35.9 Å². The van der Waals surface area contributed by atoms with Crippen LogP contribution < -0.4 is 5.32 Å². The van der Waals surface area contributed by atoms with Gasteiger partial charge in [-0.05, 0) is 37.7 Å². The summed E-state index contributed by atoms with van der Waals surface area (Å²) in [6.45, 7) is 4.21. The number of benzene rings is 1. The zero-order valence-electron chi connectivity index (χ0n) is 15.2. The highest BCUT2D eigenvalue weighted by atomic mass is 16.3. The Balaban J connectivity index is 1.55. The molecule has 2 atom stereocenters. The molecule has 25 heavy (non-hydrogen) atoms. The van der Waals surface area contributed by atoms with E-state index in [4.69, 9.17) is 5.11 Å². The van der Waals surface area contributed by atoms with Crippen LogP contribution in [0.2, 0.25) is 0 Å². The lowest BCUT2D eigenvalue weighted by Gasteiger charge is -2.39. The summed E-state index contributed by atoms with van der Waals surface area (Å²) in [6.07, 6.45) is 5.45. The number of urea groups is 1. The molecule has 2 amide bonds. The fourth-order valence-corrected chi connectivity index (χ4v) is 4.42. The van der Waals surface area contributed by atoms with Crippen LogP contribution in [0.5, 0.6) is 0 Å². The zero-order chi connectivity index (χ0) is 17.6. The molecule has 1 aromatic rings. The highest BCUT2D eigenvalue weighted by Gasteiger charge is 2.41. The van der Waals surface area contributed by atoms with E-state index >= 15 is 0 Å². The molecule has 2 bridgehead atoms. The highest BCUT2D eigenvalue weighted by Crippen LogP contribution is 2.36. The molecular formula is C20H31N3O2. The van der Waals surface area contributed by atoms with Crippen LogP contribution in [0.1, 0.15) is 44.6 Å². The molecule has 138 valence electrons. The van der Waals surface area contributed by atoms with E-state index in [0.29, 0.717) is 25.2 Å². The number of fused-ring (bicyclic) bond motifs is 2. The molecule has 3 rings (SSSR count). The summed E-state index contributed by atoms with van der Waals surface area (Å²) in [6, 6.07) is 12.1. The van der Waals surface area contributed by atoms with Crippen molar-refractivity contribution in [3.63, 3.8) is 0 Å². The highest BCUT2D eigenvalue weighted by molar-refractivity contribution is 5.74. The summed E-state index contributed by atoms with van der Waals surface area (Å²) >= 11 is 0. The molecule has 2 saturated heterocycles. The van der Waals surface area contributed by atoms with Crippen LogP contribution >= 0.6 is 0 Å². The first-order valence-electron chi connectivity index (χ1n) is 9.67. The minimum atomic E-state index is -0.0168. The van der Waals surface area contributed by atoms with E-state index in [0.717, 1.165) is 25.8 Å². The normalized spacial score (nSPS) is 25.8. The van der Waals surface area contributed by atoms with Gasteiger partial charge in [-0.15, -0.1) is 0 Å². The SMILES string of the molecule is CCCN(CCO)C(=O)NC1CC2CCC(C1)N2Cc1ccccc1. The van der Waals surface area contributed by atoms with Crippen molar-refractivity contribution in [1.29, 1.82) is 0 Å². The molecule has 2 N–H and O–H groups in total. The molecule has 0 aliphatic carbocycles. The van der Waals surface area contributed by atoms with Crippen molar-refractivity contribution in [3.8, 4) is 0 Å². The van der Waals surface area contributed by atoms with Crippen LogP contribution in [-0.4, -0.2) is 58.8 Å². The number of aliphatic hydroxyl groups excluding tert-OH is 1. The van der Waals surface area contributed by atoms with Crippen molar-refractivity contribution >= 4 is 6.03 Å². The fourth-order valence-electron chi connectivity index (χ4n) is 4.42. The number of aliphatic hydroxyl groups is 1. The van der Waals surface area contributed by atoms with Crippen molar-refractivity contribution in [2.24, 2.45) is 0 Å². The first kappa shape index (κ1) is 18.2. The van der Waals surface area contributed by atoms with Gasteiger partial charge in [0.15, 0.2) is 0 Å². The average Bonchev–Trinajstić information content (AvgIpc) is 2.85. The van der Waals surface area contributed by atoms with E-state index < -0.39 is 0 Å². The summed E-state index contributed by atoms with van der Waals surface area (Å²) in [5.41, 5.74) is 1.37. The molecule has 2 aliphatic rings. The second kappa shape index (κ2) is 8.68. The van der Waals surface area contributed by atoms with E-state index in [2.05, 4.69) is 47.5 Å². The monoisotopic (exact) mass is 345 g/mol. The van der Waals surface area contributed by atoms with Gasteiger partial charge in [-0.25, -0.2) is 4.79 Å². The molecule has 2 unspecified atom stereocenters. The van der Waals surface area contributed by atoms with Gasteiger partial charge in [0.2, 0.25) is 0 Å². The van der Waals surface area contributed by atoms with Gasteiger partial charge in [-0.1, -0.05) is 37.3 Å². The molecule has 2 aliphatic heterocycles. The number of rotatable bonds is 7. The molecular weight excluding hydrogens is 314 g/mol. The maximum absolute atomic E-state index is 12.5. The number of hydrogen-bond acceptors (Lipinski definition) is 3. The third-order valence-corrected chi connectivity index (χ3v) is 5.57. The summed E-state index contributed by atoms with van der Waals surface area (Å²) < 4.78 is 0. The smallest absolute Gasteiger partial charge is 0.317 e. The van der Waals surface area contributed by atoms with Gasteiger partial charge in [0.25, 0.3) is 0 Å². The Morgan fingerprint density at radius 1 is 1.20 bits per heavy atom. The minimum absolute atomic E-state index is 0.0168. The second-order valence-electron chi connectivity index (χ2n) is 7.37. The second-order valence-corrected chi connectivity index (χ2v) is 7.37. The van der Waals surface area contributed by atoms with E-state index in [1.807, 2.05) is 0 Å². The predicted molar refractivity (Wildman–Crippen MR) is 99.3 cm³/mol. The quantitative estimate of drug-likeness (QED) is 0.799. The molecule has 0 radical (unpaired) electrons. The van der Waals surface area contributed by atoms with Crippen LogP contribution in [0, 0.1) is 0 Å². The molecule has 2 fully saturated rings. The van der Waals surface area contributed by atoms with Crippen LogP contribution in [0.4, 0.5) is 4.79 Å². The van der Waals surface area contributed by atoms with Crippen LogP contribution in [0.15, 0.2) is 30.3 Å². The van der Waals surface area contributed by atoms with E-state index in [-0.39, 0.29) is 18.7 Å². The van der Waals surface area contributed by atoms with Gasteiger partial charge < -0.3 is 15.3 Å². The number of amides is 2. The molecule has 0 spiro atoms. The van der Waals surface area contributed by atoms with Crippen LogP contribution in [0.3, 0.4) is 0 Å². The van der Waals surface area contributed by atoms with Crippen LogP contribution in [0.25, 0.3) is 0 Å². The van der Waals surface area contributed by atoms with Gasteiger partial charge in [0.1, 0.15) is 0 Å². The maximum atomic E-state index is 12.5. The third kappa shape index (κ3) is 4.53. The Bertz CT molecular complexity index is 531. The van der Waals surface area contributed by atoms with Crippen molar-refractivity contribution in [1.82, 2.24) is 15.1 Å². The number of nitrogens with one attached hydrogen (secondary N) is 1. The number of nitrogens with zero attached hydrogens (tertiary/aromatic N) is 2. The predicted octanol–water partition coefficient (Wildman–Crippen LogP) is 2.60. The Morgan fingerprint density at radius 3 is 2.48 bits per heavy atom. The fraction of sp³-hybridized carbons (Fsp3) is 0.650. The number of piperidine rings is 1. The largest absolute Gasteiger partial charge is 0.395 e. The van der Waals surface area contributed by atoms with E-state index in [9.17, 15) is 4.79 Å². The zero-order valence-corrected chi connectivity index (χ0v) is 15.2. The molecule has 2 heterocycles. The molecule has 0 aromatic heterocycles. The van der Waals surface area contributed by atoms with Crippen LogP contribution in [-0.2, 0) is 6.54 Å². The van der Waals surface area contributed by atoms with Crippen molar-refractivity contribution < 1.29 is 9.90 Å². The Kier molecular flexibility index (Phi) is 6.32. The number of carbonyl (C=O) groups is 1. The Labute approximate surface area is 151 Å². The van der Waals surface area contributed by atoms with Crippen molar-refractivity contribution in [2.45, 2.75) is 63.7 Å². The third-order valence-electron chi connectivity index (χ3n) is 5.57. The summed E-state index contributed by atoms with van der Waals surface area (Å²) in [7, 11) is 0. The van der Waals surface area contributed by atoms with Gasteiger partial charge in [-0.2, -0.15) is 0 Å². The number of carbonyl (C=O) groups excluding carboxylic acids is 1. The van der Waals surface area contributed by atoms with Gasteiger partial charge in [-0.3, -0.25) is 4.90 Å². The van der Waals surface area contributed by atoms with Gasteiger partial charge >= 0.3 is 6.03 Å². The molecule has 5 heteroatoms. The Hall–Kier alpha value is -1.59. The lowest BCUT2D eigenvalue weighted by Crippen LogP contribution is -2.53. The minimum Gasteiger partial charge on any atom is -0.395 e.